The number of nitrogens with zero attached hydrogens (tertiary/aromatic N) is 1. The summed E-state index contributed by atoms with van der Waals surface area (Å²) in [6.07, 6.45) is 3.56. The number of hydrogen-bond acceptors (Lipinski definition) is 5. The first kappa shape index (κ1) is 20.6. The summed E-state index contributed by atoms with van der Waals surface area (Å²) < 4.78 is 16.9. The zero-order chi connectivity index (χ0) is 19.9. The van der Waals surface area contributed by atoms with Crippen LogP contribution in [0.4, 0.5) is 4.79 Å². The van der Waals surface area contributed by atoms with Gasteiger partial charge in [-0.2, -0.15) is 0 Å². The number of esters is 1. The highest BCUT2D eigenvalue weighted by atomic mass is 16.6. The lowest BCUT2D eigenvalue weighted by atomic mass is 9.93. The summed E-state index contributed by atoms with van der Waals surface area (Å²) in [5, 5.41) is 0. The van der Waals surface area contributed by atoms with E-state index in [0.29, 0.717) is 13.2 Å². The molecule has 2 fully saturated rings. The fraction of sp³-hybridized carbons (Fsp3) is 0.636. The monoisotopic (exact) mass is 389 g/mol. The highest BCUT2D eigenvalue weighted by molar-refractivity contribution is 5.82. The average molecular weight is 389 g/mol. The molecule has 1 heterocycles. The van der Waals surface area contributed by atoms with E-state index in [1.54, 1.807) is 11.8 Å². The highest BCUT2D eigenvalue weighted by Gasteiger charge is 2.54. The van der Waals surface area contributed by atoms with Crippen LogP contribution >= 0.6 is 0 Å². The molecule has 154 valence electrons. The van der Waals surface area contributed by atoms with Gasteiger partial charge in [-0.05, 0) is 37.7 Å². The third-order valence-corrected chi connectivity index (χ3v) is 5.76. The Hall–Kier alpha value is -2.08. The van der Waals surface area contributed by atoms with Crippen molar-refractivity contribution in [1.82, 2.24) is 4.90 Å². The van der Waals surface area contributed by atoms with Crippen LogP contribution in [0.3, 0.4) is 0 Å². The number of amides is 1. The van der Waals surface area contributed by atoms with Crippen LogP contribution in [0.15, 0.2) is 30.3 Å². The molecule has 0 radical (unpaired) electrons. The summed E-state index contributed by atoms with van der Waals surface area (Å²) in [6, 6.07) is 8.97. The van der Waals surface area contributed by atoms with E-state index in [4.69, 9.17) is 14.2 Å². The molecular weight excluding hydrogens is 358 g/mol. The van der Waals surface area contributed by atoms with Crippen LogP contribution in [0.1, 0.15) is 45.1 Å². The Morgan fingerprint density at radius 2 is 1.86 bits per heavy atom. The second-order valence-corrected chi connectivity index (χ2v) is 7.56. The van der Waals surface area contributed by atoms with E-state index in [1.165, 1.54) is 0 Å². The summed E-state index contributed by atoms with van der Waals surface area (Å²) in [6.45, 7) is 5.63. The molecular formula is C22H31NO5. The molecule has 1 saturated heterocycles. The average Bonchev–Trinajstić information content (AvgIpc) is 3.27. The normalized spacial score (nSPS) is 26.1. The lowest BCUT2D eigenvalue weighted by Gasteiger charge is -2.25. The molecule has 2 aliphatic rings. The molecule has 1 aromatic carbocycles. The van der Waals surface area contributed by atoms with E-state index in [-0.39, 0.29) is 30.5 Å². The van der Waals surface area contributed by atoms with Crippen molar-refractivity contribution in [2.45, 2.75) is 58.3 Å². The van der Waals surface area contributed by atoms with Crippen LogP contribution in [0.5, 0.6) is 0 Å². The van der Waals surface area contributed by atoms with Gasteiger partial charge in [-0.15, -0.1) is 0 Å². The maximum absolute atomic E-state index is 12.8. The predicted molar refractivity (Wildman–Crippen MR) is 105 cm³/mol. The second kappa shape index (κ2) is 9.92. The minimum Gasteiger partial charge on any atom is -0.464 e. The molecule has 6 nitrogen and oxygen atoms in total. The Kier molecular flexibility index (Phi) is 7.31. The Morgan fingerprint density at radius 1 is 1.07 bits per heavy atom. The van der Waals surface area contributed by atoms with Gasteiger partial charge in [0.2, 0.25) is 0 Å². The summed E-state index contributed by atoms with van der Waals surface area (Å²) in [5.74, 6) is -0.0913. The Bertz CT molecular complexity index is 650. The SMILES string of the molecule is CCCCOC1CCC2C1CN(C(=O)OCc1ccccc1)C2C(=O)OCC. The summed E-state index contributed by atoms with van der Waals surface area (Å²) in [5.41, 5.74) is 0.920. The summed E-state index contributed by atoms with van der Waals surface area (Å²) in [4.78, 5) is 27.0. The Morgan fingerprint density at radius 3 is 2.57 bits per heavy atom. The van der Waals surface area contributed by atoms with Crippen LogP contribution in [-0.4, -0.2) is 48.9 Å². The Balaban J connectivity index is 1.67. The van der Waals surface area contributed by atoms with E-state index in [1.807, 2.05) is 30.3 Å². The van der Waals surface area contributed by atoms with Gasteiger partial charge in [-0.1, -0.05) is 43.7 Å². The van der Waals surface area contributed by atoms with Gasteiger partial charge in [0.05, 0.1) is 12.7 Å². The first-order chi connectivity index (χ1) is 13.7. The summed E-state index contributed by atoms with van der Waals surface area (Å²) >= 11 is 0. The number of fused-ring (bicyclic) bond motifs is 1. The van der Waals surface area contributed by atoms with Crippen LogP contribution in [0, 0.1) is 11.8 Å². The molecule has 28 heavy (non-hydrogen) atoms. The van der Waals surface area contributed by atoms with Crippen LogP contribution in [0.2, 0.25) is 0 Å². The lowest BCUT2D eigenvalue weighted by molar-refractivity contribution is -0.149. The van der Waals surface area contributed by atoms with Crippen molar-refractivity contribution in [3.05, 3.63) is 35.9 Å². The zero-order valence-electron chi connectivity index (χ0n) is 16.8. The largest absolute Gasteiger partial charge is 0.464 e. The smallest absolute Gasteiger partial charge is 0.410 e. The van der Waals surface area contributed by atoms with Gasteiger partial charge in [0.1, 0.15) is 12.6 Å². The number of benzene rings is 1. The minimum absolute atomic E-state index is 0.0787. The predicted octanol–water partition coefficient (Wildman–Crippen LogP) is 3.78. The number of ether oxygens (including phenoxy) is 3. The van der Waals surface area contributed by atoms with Gasteiger partial charge in [-0.3, -0.25) is 4.90 Å². The molecule has 0 N–H and O–H groups in total. The third-order valence-electron chi connectivity index (χ3n) is 5.76. The van der Waals surface area contributed by atoms with Gasteiger partial charge in [0.15, 0.2) is 0 Å². The van der Waals surface area contributed by atoms with Crippen molar-refractivity contribution in [2.24, 2.45) is 11.8 Å². The quantitative estimate of drug-likeness (QED) is 0.500. The maximum Gasteiger partial charge on any atom is 0.410 e. The van der Waals surface area contributed by atoms with E-state index in [0.717, 1.165) is 37.9 Å². The number of rotatable bonds is 8. The highest BCUT2D eigenvalue weighted by Crippen LogP contribution is 2.44. The molecule has 1 aliphatic carbocycles. The second-order valence-electron chi connectivity index (χ2n) is 7.56. The standard InChI is InChI=1S/C22H31NO5/c1-3-5-13-27-19-12-11-17-18(19)14-23(20(17)21(24)26-4-2)22(25)28-15-16-9-7-6-8-10-16/h6-10,17-20H,3-5,11-15H2,1-2H3. The molecule has 3 rings (SSSR count). The maximum atomic E-state index is 12.8. The summed E-state index contributed by atoms with van der Waals surface area (Å²) in [7, 11) is 0. The van der Waals surface area contributed by atoms with Crippen molar-refractivity contribution >= 4 is 12.1 Å². The molecule has 0 aromatic heterocycles. The number of likely N-dealkylation sites (tertiary alicyclic amines) is 1. The molecule has 0 spiro atoms. The van der Waals surface area contributed by atoms with E-state index < -0.39 is 12.1 Å². The van der Waals surface area contributed by atoms with Crippen molar-refractivity contribution in [3.63, 3.8) is 0 Å². The number of carbonyl (C=O) groups is 2. The van der Waals surface area contributed by atoms with Crippen LogP contribution < -0.4 is 0 Å². The molecule has 1 amide bonds. The van der Waals surface area contributed by atoms with Gasteiger partial charge >= 0.3 is 12.1 Å². The van der Waals surface area contributed by atoms with Gasteiger partial charge in [0, 0.05) is 19.1 Å². The van der Waals surface area contributed by atoms with Crippen LogP contribution in [0.25, 0.3) is 0 Å². The number of hydrogen-bond donors (Lipinski definition) is 0. The fourth-order valence-corrected chi connectivity index (χ4v) is 4.38. The Labute approximate surface area is 167 Å². The van der Waals surface area contributed by atoms with Crippen molar-refractivity contribution in [2.75, 3.05) is 19.8 Å². The van der Waals surface area contributed by atoms with Gasteiger partial charge in [0.25, 0.3) is 0 Å². The molecule has 0 bridgehead atoms. The number of unbranched alkanes of at least 4 members (excludes halogenated alkanes) is 1. The molecule has 1 aromatic rings. The van der Waals surface area contributed by atoms with Gasteiger partial charge < -0.3 is 14.2 Å². The first-order valence-electron chi connectivity index (χ1n) is 10.4. The van der Waals surface area contributed by atoms with E-state index >= 15 is 0 Å². The topological polar surface area (TPSA) is 65.1 Å². The van der Waals surface area contributed by atoms with E-state index in [2.05, 4.69) is 6.92 Å². The van der Waals surface area contributed by atoms with Crippen molar-refractivity contribution < 1.29 is 23.8 Å². The molecule has 6 heteroatoms. The molecule has 4 unspecified atom stereocenters. The molecule has 1 saturated carbocycles. The molecule has 1 aliphatic heterocycles. The molecule has 4 atom stereocenters. The number of carbonyl (C=O) groups excluding carboxylic acids is 2. The van der Waals surface area contributed by atoms with Crippen molar-refractivity contribution in [1.29, 1.82) is 0 Å². The van der Waals surface area contributed by atoms with E-state index in [9.17, 15) is 9.59 Å². The van der Waals surface area contributed by atoms with Gasteiger partial charge in [-0.25, -0.2) is 9.59 Å². The first-order valence-corrected chi connectivity index (χ1v) is 10.4. The van der Waals surface area contributed by atoms with Crippen molar-refractivity contribution in [3.8, 4) is 0 Å². The third kappa shape index (κ3) is 4.66. The zero-order valence-corrected chi connectivity index (χ0v) is 16.8. The van der Waals surface area contributed by atoms with Crippen LogP contribution in [-0.2, 0) is 25.6 Å². The minimum atomic E-state index is -0.576. The lowest BCUT2D eigenvalue weighted by Crippen LogP contribution is -2.44. The fourth-order valence-electron chi connectivity index (χ4n) is 4.38.